The van der Waals surface area contributed by atoms with Gasteiger partial charge in [-0.15, -0.1) is 10.2 Å². The number of nitrogens with one attached hydrogen (secondary N) is 1. The fourth-order valence-electron chi connectivity index (χ4n) is 2.24. The molecular weight excluding hydrogens is 369 g/mol. The third-order valence-corrected chi connectivity index (χ3v) is 4.46. The minimum absolute atomic E-state index is 0.142. The van der Waals surface area contributed by atoms with Crippen molar-refractivity contribution in [1.29, 1.82) is 0 Å². The van der Waals surface area contributed by atoms with E-state index >= 15 is 0 Å². The van der Waals surface area contributed by atoms with Gasteiger partial charge in [-0.25, -0.2) is 4.39 Å². The summed E-state index contributed by atoms with van der Waals surface area (Å²) in [5, 5.41) is 11.0. The molecule has 2 aromatic carbocycles. The van der Waals surface area contributed by atoms with Crippen LogP contribution >= 0.6 is 11.8 Å². The number of amides is 1. The Morgan fingerprint density at radius 2 is 1.96 bits per heavy atom. The molecule has 0 aliphatic rings. The SMILES string of the molecule is Cc1ccccc1NC(=O)CSc1nnc([C@H](C)Oc2ccc(F)cc2)o1. The minimum atomic E-state index is -0.502. The van der Waals surface area contributed by atoms with Crippen LogP contribution in [0.1, 0.15) is 24.5 Å². The van der Waals surface area contributed by atoms with E-state index in [1.807, 2.05) is 31.2 Å². The first-order chi connectivity index (χ1) is 13.0. The van der Waals surface area contributed by atoms with Crippen LogP contribution in [0.2, 0.25) is 0 Å². The number of ether oxygens (including phenoxy) is 1. The zero-order chi connectivity index (χ0) is 19.2. The second-order valence-electron chi connectivity index (χ2n) is 5.77. The Morgan fingerprint density at radius 1 is 1.22 bits per heavy atom. The molecule has 3 rings (SSSR count). The number of hydrogen-bond acceptors (Lipinski definition) is 6. The normalized spacial score (nSPS) is 11.8. The summed E-state index contributed by atoms with van der Waals surface area (Å²) in [6.45, 7) is 3.67. The molecule has 0 unspecified atom stereocenters. The van der Waals surface area contributed by atoms with Gasteiger partial charge in [0.2, 0.25) is 5.91 Å². The van der Waals surface area contributed by atoms with E-state index in [1.165, 1.54) is 24.3 Å². The molecule has 140 valence electrons. The number of carbonyl (C=O) groups excluding carboxylic acids is 1. The first kappa shape index (κ1) is 18.9. The molecule has 0 radical (unpaired) electrons. The number of carbonyl (C=O) groups is 1. The summed E-state index contributed by atoms with van der Waals surface area (Å²) in [5.74, 6) is 0.415. The Kier molecular flexibility index (Phi) is 6.08. The van der Waals surface area contributed by atoms with Crippen LogP contribution in [0.4, 0.5) is 10.1 Å². The van der Waals surface area contributed by atoms with Crippen molar-refractivity contribution in [3.63, 3.8) is 0 Å². The molecule has 0 aliphatic carbocycles. The number of aromatic nitrogens is 2. The van der Waals surface area contributed by atoms with E-state index in [9.17, 15) is 9.18 Å². The summed E-state index contributed by atoms with van der Waals surface area (Å²) in [5.41, 5.74) is 1.76. The van der Waals surface area contributed by atoms with Crippen LogP contribution in [0.3, 0.4) is 0 Å². The van der Waals surface area contributed by atoms with Gasteiger partial charge >= 0.3 is 0 Å². The molecule has 8 heteroatoms. The average Bonchev–Trinajstić information content (AvgIpc) is 3.13. The molecule has 0 aliphatic heterocycles. The molecular formula is C19H18FN3O3S. The van der Waals surface area contributed by atoms with Crippen LogP contribution in [-0.2, 0) is 4.79 Å². The Bertz CT molecular complexity index is 915. The van der Waals surface area contributed by atoms with Crippen molar-refractivity contribution in [3.05, 3.63) is 65.8 Å². The lowest BCUT2D eigenvalue weighted by Crippen LogP contribution is -2.14. The summed E-state index contributed by atoms with van der Waals surface area (Å²) in [6.07, 6.45) is -0.502. The first-order valence-corrected chi connectivity index (χ1v) is 9.24. The van der Waals surface area contributed by atoms with Crippen LogP contribution in [0.5, 0.6) is 5.75 Å². The van der Waals surface area contributed by atoms with Crippen molar-refractivity contribution >= 4 is 23.4 Å². The number of halogens is 1. The molecule has 6 nitrogen and oxygen atoms in total. The Balaban J connectivity index is 1.52. The van der Waals surface area contributed by atoms with Gasteiger partial charge in [0.05, 0.1) is 5.75 Å². The highest BCUT2D eigenvalue weighted by Gasteiger charge is 2.17. The number of nitrogens with zero attached hydrogens (tertiary/aromatic N) is 2. The third kappa shape index (κ3) is 5.30. The summed E-state index contributed by atoms with van der Waals surface area (Å²) >= 11 is 1.14. The molecule has 3 aromatic rings. The van der Waals surface area contributed by atoms with Gasteiger partial charge < -0.3 is 14.5 Å². The van der Waals surface area contributed by atoms with Gasteiger partial charge in [0.1, 0.15) is 11.6 Å². The second kappa shape index (κ2) is 8.68. The molecule has 27 heavy (non-hydrogen) atoms. The molecule has 0 saturated heterocycles. The summed E-state index contributed by atoms with van der Waals surface area (Å²) in [7, 11) is 0. The van der Waals surface area contributed by atoms with Crippen molar-refractivity contribution in [2.24, 2.45) is 0 Å². The van der Waals surface area contributed by atoms with E-state index in [-0.39, 0.29) is 28.6 Å². The number of para-hydroxylation sites is 1. The van der Waals surface area contributed by atoms with E-state index in [4.69, 9.17) is 9.15 Å². The fourth-order valence-corrected chi connectivity index (χ4v) is 2.81. The maximum absolute atomic E-state index is 12.9. The topological polar surface area (TPSA) is 77.2 Å². The maximum atomic E-state index is 12.9. The fraction of sp³-hybridized carbons (Fsp3) is 0.211. The summed E-state index contributed by atoms with van der Waals surface area (Å²) < 4.78 is 24.1. The van der Waals surface area contributed by atoms with Gasteiger partial charge in [0.25, 0.3) is 11.1 Å². The lowest BCUT2D eigenvalue weighted by Gasteiger charge is -2.10. The Morgan fingerprint density at radius 3 is 2.70 bits per heavy atom. The molecule has 0 fully saturated rings. The van der Waals surface area contributed by atoms with Crippen LogP contribution in [0.25, 0.3) is 0 Å². The Labute approximate surface area is 160 Å². The van der Waals surface area contributed by atoms with Crippen molar-refractivity contribution in [3.8, 4) is 5.75 Å². The van der Waals surface area contributed by atoms with Gasteiger partial charge in [-0.1, -0.05) is 30.0 Å². The van der Waals surface area contributed by atoms with Gasteiger partial charge in [-0.3, -0.25) is 4.79 Å². The highest BCUT2D eigenvalue weighted by Crippen LogP contribution is 2.24. The lowest BCUT2D eigenvalue weighted by atomic mass is 10.2. The zero-order valence-electron chi connectivity index (χ0n) is 14.8. The lowest BCUT2D eigenvalue weighted by molar-refractivity contribution is -0.113. The van der Waals surface area contributed by atoms with Crippen LogP contribution in [0.15, 0.2) is 58.2 Å². The van der Waals surface area contributed by atoms with Gasteiger partial charge in [-0.05, 0) is 49.7 Å². The molecule has 0 spiro atoms. The number of aryl methyl sites for hydroxylation is 1. The number of benzene rings is 2. The van der Waals surface area contributed by atoms with Crippen LogP contribution in [0, 0.1) is 12.7 Å². The number of hydrogen-bond donors (Lipinski definition) is 1. The largest absolute Gasteiger partial charge is 0.481 e. The van der Waals surface area contributed by atoms with E-state index in [0.717, 1.165) is 23.0 Å². The Hall–Kier alpha value is -2.87. The van der Waals surface area contributed by atoms with Crippen molar-refractivity contribution < 1.29 is 18.3 Å². The summed E-state index contributed by atoms with van der Waals surface area (Å²) in [4.78, 5) is 12.1. The molecule has 1 heterocycles. The first-order valence-electron chi connectivity index (χ1n) is 8.25. The van der Waals surface area contributed by atoms with Crippen LogP contribution < -0.4 is 10.1 Å². The number of rotatable bonds is 7. The van der Waals surface area contributed by atoms with Crippen molar-refractivity contribution in [1.82, 2.24) is 10.2 Å². The number of anilines is 1. The van der Waals surface area contributed by atoms with Crippen LogP contribution in [-0.4, -0.2) is 21.9 Å². The molecule has 0 bridgehead atoms. The van der Waals surface area contributed by atoms with Gasteiger partial charge in [0.15, 0.2) is 6.10 Å². The van der Waals surface area contributed by atoms with Gasteiger partial charge in [-0.2, -0.15) is 0 Å². The standard InChI is InChI=1S/C19H18FN3O3S/c1-12-5-3-4-6-16(12)21-17(24)11-27-19-23-22-18(26-19)13(2)25-15-9-7-14(20)8-10-15/h3-10,13H,11H2,1-2H3,(H,21,24)/t13-/m0/s1. The summed E-state index contributed by atoms with van der Waals surface area (Å²) in [6, 6.07) is 13.2. The van der Waals surface area contributed by atoms with Crippen molar-refractivity contribution in [2.45, 2.75) is 25.2 Å². The predicted octanol–water partition coefficient (Wildman–Crippen LogP) is 4.39. The van der Waals surface area contributed by atoms with Crippen molar-refractivity contribution in [2.75, 3.05) is 11.1 Å². The molecule has 1 atom stereocenters. The molecule has 0 saturated carbocycles. The van der Waals surface area contributed by atoms with E-state index in [0.29, 0.717) is 5.75 Å². The number of thioether (sulfide) groups is 1. The second-order valence-corrected chi connectivity index (χ2v) is 6.70. The highest BCUT2D eigenvalue weighted by atomic mass is 32.2. The van der Waals surface area contributed by atoms with E-state index < -0.39 is 6.10 Å². The zero-order valence-corrected chi connectivity index (χ0v) is 15.6. The molecule has 1 aromatic heterocycles. The monoisotopic (exact) mass is 387 g/mol. The molecule has 1 amide bonds. The maximum Gasteiger partial charge on any atom is 0.277 e. The van der Waals surface area contributed by atoms with Gasteiger partial charge in [0, 0.05) is 5.69 Å². The third-order valence-electron chi connectivity index (χ3n) is 3.64. The van der Waals surface area contributed by atoms with E-state index in [1.54, 1.807) is 6.92 Å². The molecule has 1 N–H and O–H groups in total. The quantitative estimate of drug-likeness (QED) is 0.606. The predicted molar refractivity (Wildman–Crippen MR) is 100 cm³/mol. The highest BCUT2D eigenvalue weighted by molar-refractivity contribution is 7.99. The smallest absolute Gasteiger partial charge is 0.277 e. The van der Waals surface area contributed by atoms with E-state index in [2.05, 4.69) is 15.5 Å². The minimum Gasteiger partial charge on any atom is -0.481 e. The average molecular weight is 387 g/mol.